The first-order chi connectivity index (χ1) is 10.8. The lowest BCUT2D eigenvalue weighted by atomic mass is 10.1. The number of ether oxygens (including phenoxy) is 3. The molecule has 0 saturated carbocycles. The van der Waals surface area contributed by atoms with E-state index in [2.05, 4.69) is 15.5 Å². The Morgan fingerprint density at radius 2 is 2.18 bits per heavy atom. The Morgan fingerprint density at radius 1 is 1.36 bits per heavy atom. The number of hydrazone groups is 1. The van der Waals surface area contributed by atoms with Gasteiger partial charge in [0, 0.05) is 18.4 Å². The largest absolute Gasteiger partial charge is 0.486 e. The number of thioether (sulfide) groups is 1. The highest BCUT2D eigenvalue weighted by molar-refractivity contribution is 8.14. The fourth-order valence-corrected chi connectivity index (χ4v) is 3.10. The third-order valence-electron chi connectivity index (χ3n) is 3.25. The van der Waals surface area contributed by atoms with Crippen molar-refractivity contribution in [2.45, 2.75) is 13.0 Å². The standard InChI is InChI=1S/C15H19N3O3S/c1-10(8-19-2)16-15-18-17-12(9-22-15)11-3-4-13-14(7-11)21-6-5-20-13/h3-4,7,10H,5-6,8-9H2,1-2H3,(H,16,18)/t10-/m0/s1. The molecule has 2 aliphatic heterocycles. The molecule has 0 amide bonds. The zero-order valence-electron chi connectivity index (χ0n) is 12.7. The van der Waals surface area contributed by atoms with Crippen molar-refractivity contribution in [1.29, 1.82) is 0 Å². The van der Waals surface area contributed by atoms with Crippen molar-refractivity contribution in [1.82, 2.24) is 5.43 Å². The van der Waals surface area contributed by atoms with Gasteiger partial charge in [-0.15, -0.1) is 0 Å². The minimum atomic E-state index is 0.117. The van der Waals surface area contributed by atoms with Gasteiger partial charge in [0.05, 0.1) is 18.4 Å². The molecule has 0 bridgehead atoms. The Balaban J connectivity index is 1.70. The molecule has 22 heavy (non-hydrogen) atoms. The van der Waals surface area contributed by atoms with Gasteiger partial charge >= 0.3 is 0 Å². The summed E-state index contributed by atoms with van der Waals surface area (Å²) >= 11 is 1.64. The molecule has 0 aliphatic carbocycles. The Bertz CT molecular complexity index is 604. The van der Waals surface area contributed by atoms with Crippen molar-refractivity contribution < 1.29 is 14.2 Å². The Labute approximate surface area is 133 Å². The van der Waals surface area contributed by atoms with Crippen molar-refractivity contribution in [3.63, 3.8) is 0 Å². The quantitative estimate of drug-likeness (QED) is 0.917. The van der Waals surface area contributed by atoms with Crippen molar-refractivity contribution in [2.75, 3.05) is 32.7 Å². The van der Waals surface area contributed by atoms with Gasteiger partial charge < -0.3 is 14.2 Å². The lowest BCUT2D eigenvalue weighted by molar-refractivity contribution is 0.171. The van der Waals surface area contributed by atoms with E-state index in [9.17, 15) is 0 Å². The number of hydrogen-bond donors (Lipinski definition) is 1. The van der Waals surface area contributed by atoms with Crippen LogP contribution >= 0.6 is 11.8 Å². The number of amidine groups is 1. The van der Waals surface area contributed by atoms with E-state index in [1.165, 1.54) is 0 Å². The normalized spacial score (nSPS) is 20.3. The maximum atomic E-state index is 5.61. The van der Waals surface area contributed by atoms with Crippen LogP contribution in [-0.4, -0.2) is 49.6 Å². The molecule has 1 aromatic rings. The number of nitrogens with one attached hydrogen (secondary N) is 1. The zero-order valence-corrected chi connectivity index (χ0v) is 13.5. The lowest BCUT2D eigenvalue weighted by Gasteiger charge is -2.20. The minimum absolute atomic E-state index is 0.117. The molecule has 0 aromatic heterocycles. The van der Waals surface area contributed by atoms with Gasteiger partial charge in [-0.25, -0.2) is 0 Å². The first-order valence-corrected chi connectivity index (χ1v) is 8.17. The molecule has 0 saturated heterocycles. The molecular weight excluding hydrogens is 302 g/mol. The van der Waals surface area contributed by atoms with Crippen LogP contribution in [-0.2, 0) is 4.74 Å². The summed E-state index contributed by atoms with van der Waals surface area (Å²) in [5.41, 5.74) is 5.02. The van der Waals surface area contributed by atoms with Crippen LogP contribution in [0.15, 0.2) is 28.3 Å². The van der Waals surface area contributed by atoms with E-state index in [1.807, 2.05) is 25.1 Å². The molecular formula is C15H19N3O3S. The maximum absolute atomic E-state index is 5.61. The third-order valence-corrected chi connectivity index (χ3v) is 4.14. The first kappa shape index (κ1) is 15.2. The molecule has 1 aromatic carbocycles. The summed E-state index contributed by atoms with van der Waals surface area (Å²) in [5, 5.41) is 5.25. The SMILES string of the molecule is COC[C@H](C)N=C1NN=C(c2ccc3c(c2)OCCO3)CS1. The Hall–Kier alpha value is -1.73. The smallest absolute Gasteiger partial charge is 0.177 e. The van der Waals surface area contributed by atoms with E-state index in [-0.39, 0.29) is 6.04 Å². The van der Waals surface area contributed by atoms with E-state index in [1.54, 1.807) is 18.9 Å². The fraction of sp³-hybridized carbons (Fsp3) is 0.467. The van der Waals surface area contributed by atoms with Gasteiger partial charge in [-0.1, -0.05) is 11.8 Å². The molecule has 7 heteroatoms. The summed E-state index contributed by atoms with van der Waals surface area (Å²) in [5.74, 6) is 2.35. The number of benzene rings is 1. The van der Waals surface area contributed by atoms with E-state index >= 15 is 0 Å². The predicted octanol–water partition coefficient (Wildman–Crippen LogP) is 1.89. The van der Waals surface area contributed by atoms with Crippen LogP contribution in [0.25, 0.3) is 0 Å². The van der Waals surface area contributed by atoms with Gasteiger partial charge in [-0.3, -0.25) is 10.4 Å². The molecule has 3 rings (SSSR count). The van der Waals surface area contributed by atoms with Gasteiger partial charge in [-0.05, 0) is 25.1 Å². The van der Waals surface area contributed by atoms with E-state index in [0.717, 1.165) is 33.7 Å². The third kappa shape index (κ3) is 3.53. The van der Waals surface area contributed by atoms with Gasteiger partial charge in [0.2, 0.25) is 0 Å². The fourth-order valence-electron chi connectivity index (χ4n) is 2.23. The Morgan fingerprint density at radius 3 is 2.91 bits per heavy atom. The molecule has 1 atom stereocenters. The average Bonchev–Trinajstić information content (AvgIpc) is 2.55. The molecule has 0 radical (unpaired) electrons. The first-order valence-electron chi connectivity index (χ1n) is 7.18. The number of fused-ring (bicyclic) bond motifs is 1. The molecule has 2 heterocycles. The second-order valence-electron chi connectivity index (χ2n) is 5.06. The minimum Gasteiger partial charge on any atom is -0.486 e. The number of aliphatic imine (C=N–C) groups is 1. The number of rotatable bonds is 4. The van der Waals surface area contributed by atoms with Crippen molar-refractivity contribution in [3.05, 3.63) is 23.8 Å². The highest BCUT2D eigenvalue weighted by Gasteiger charge is 2.17. The second kappa shape index (κ2) is 7.02. The molecule has 1 N–H and O–H groups in total. The van der Waals surface area contributed by atoms with Gasteiger partial charge in [0.1, 0.15) is 13.2 Å². The topological polar surface area (TPSA) is 64.4 Å². The second-order valence-corrected chi connectivity index (χ2v) is 6.02. The summed E-state index contributed by atoms with van der Waals surface area (Å²) in [6.45, 7) is 3.80. The van der Waals surface area contributed by atoms with E-state index < -0.39 is 0 Å². The molecule has 0 fully saturated rings. The number of methoxy groups -OCH3 is 1. The van der Waals surface area contributed by atoms with Gasteiger partial charge in [0.25, 0.3) is 0 Å². The van der Waals surface area contributed by atoms with Crippen LogP contribution in [0.1, 0.15) is 12.5 Å². The molecule has 6 nitrogen and oxygen atoms in total. The predicted molar refractivity (Wildman–Crippen MR) is 88.3 cm³/mol. The summed E-state index contributed by atoms with van der Waals surface area (Å²) in [6.07, 6.45) is 0. The summed E-state index contributed by atoms with van der Waals surface area (Å²) in [7, 11) is 1.68. The van der Waals surface area contributed by atoms with Crippen LogP contribution in [0.5, 0.6) is 11.5 Å². The zero-order chi connectivity index (χ0) is 15.4. The molecule has 2 aliphatic rings. The van der Waals surface area contributed by atoms with E-state index in [0.29, 0.717) is 19.8 Å². The highest BCUT2D eigenvalue weighted by atomic mass is 32.2. The van der Waals surface area contributed by atoms with Crippen LogP contribution in [0.3, 0.4) is 0 Å². The number of hydrogen-bond acceptors (Lipinski definition) is 6. The van der Waals surface area contributed by atoms with Gasteiger partial charge in [-0.2, -0.15) is 5.10 Å². The van der Waals surface area contributed by atoms with Gasteiger partial charge in [0.15, 0.2) is 16.7 Å². The average molecular weight is 321 g/mol. The number of nitrogens with zero attached hydrogens (tertiary/aromatic N) is 2. The van der Waals surface area contributed by atoms with Crippen LogP contribution in [0, 0.1) is 0 Å². The summed E-state index contributed by atoms with van der Waals surface area (Å²) in [4.78, 5) is 4.52. The van der Waals surface area contributed by atoms with Crippen molar-refractivity contribution in [3.8, 4) is 11.5 Å². The van der Waals surface area contributed by atoms with Crippen molar-refractivity contribution >= 4 is 22.6 Å². The van der Waals surface area contributed by atoms with Crippen LogP contribution in [0.4, 0.5) is 0 Å². The molecule has 0 unspecified atom stereocenters. The Kier molecular flexibility index (Phi) is 4.84. The van der Waals surface area contributed by atoms with Crippen LogP contribution in [0.2, 0.25) is 0 Å². The monoisotopic (exact) mass is 321 g/mol. The van der Waals surface area contributed by atoms with Crippen molar-refractivity contribution in [2.24, 2.45) is 10.1 Å². The highest BCUT2D eigenvalue weighted by Crippen LogP contribution is 2.31. The summed E-state index contributed by atoms with van der Waals surface area (Å²) < 4.78 is 16.2. The maximum Gasteiger partial charge on any atom is 0.177 e. The van der Waals surface area contributed by atoms with E-state index in [4.69, 9.17) is 14.2 Å². The molecule has 0 spiro atoms. The van der Waals surface area contributed by atoms with Crippen LogP contribution < -0.4 is 14.9 Å². The lowest BCUT2D eigenvalue weighted by Crippen LogP contribution is -2.27. The molecule has 118 valence electrons. The summed E-state index contributed by atoms with van der Waals surface area (Å²) in [6, 6.07) is 6.03.